The lowest BCUT2D eigenvalue weighted by Crippen LogP contribution is -2.63. The van der Waals surface area contributed by atoms with Crippen LogP contribution in [0.5, 0.6) is 0 Å². The van der Waals surface area contributed by atoms with Crippen LogP contribution < -0.4 is 11.5 Å². The maximum Gasteiger partial charge on any atom is 0.434 e. The molecule has 12 heteroatoms. The van der Waals surface area contributed by atoms with Crippen LogP contribution >= 0.6 is 11.3 Å². The fourth-order valence-corrected chi connectivity index (χ4v) is 5.69. The third kappa shape index (κ3) is 5.29. The number of nitrogens with two attached hydrogens (primary N) is 2. The number of alkyl halides is 3. The number of aromatic nitrogens is 1. The molecular formula is C16H24F3N3O4S2. The maximum absolute atomic E-state index is 13.2. The zero-order chi connectivity index (χ0) is 22.8. The molecule has 0 aliphatic heterocycles. The number of hydrogen-bond donors (Lipinski definition) is 2. The van der Waals surface area contributed by atoms with Crippen LogP contribution in [0.1, 0.15) is 61.3 Å². The number of hydrogen-bond acceptors (Lipinski definition) is 7. The van der Waals surface area contributed by atoms with Crippen molar-refractivity contribution in [3.63, 3.8) is 0 Å². The third-order valence-corrected chi connectivity index (χ3v) is 7.06. The Bertz CT molecular complexity index is 880. The fraction of sp³-hybridized carbons (Fsp3) is 0.688. The average Bonchev–Trinajstić information content (AvgIpc) is 2.95. The minimum absolute atomic E-state index is 0.0975. The standard InChI is InChI=1S/C16H24F3N3O4S2/c1-4-6-10(7-5-2)28(25,26)8-15(21,14(20)24)13(23)11-12(16(17,18)19)22-9(3)27-11/h10H,4-8,21H2,1-3H3,(H2,20,24)/t15-/m1/s1/i10D. The van der Waals surface area contributed by atoms with Gasteiger partial charge in [-0.1, -0.05) is 26.7 Å². The van der Waals surface area contributed by atoms with Crippen LogP contribution in [-0.4, -0.2) is 41.6 Å². The Labute approximate surface area is 167 Å². The monoisotopic (exact) mass is 444 g/mol. The van der Waals surface area contributed by atoms with Crippen LogP contribution in [0, 0.1) is 6.92 Å². The van der Waals surface area contributed by atoms with Crippen molar-refractivity contribution in [2.45, 2.75) is 63.4 Å². The van der Waals surface area contributed by atoms with Gasteiger partial charge in [0.05, 0.1) is 16.0 Å². The number of rotatable bonds is 10. The normalized spacial score (nSPS) is 15.8. The zero-order valence-electron chi connectivity index (χ0n) is 16.7. The highest BCUT2D eigenvalue weighted by molar-refractivity contribution is 7.92. The van der Waals surface area contributed by atoms with Crippen molar-refractivity contribution in [3.8, 4) is 0 Å². The van der Waals surface area contributed by atoms with Gasteiger partial charge in [0.25, 0.3) is 0 Å². The van der Waals surface area contributed by atoms with Crippen molar-refractivity contribution in [3.05, 3.63) is 15.6 Å². The topological polar surface area (TPSA) is 133 Å². The molecule has 1 amide bonds. The molecule has 160 valence electrons. The molecule has 0 aliphatic carbocycles. The van der Waals surface area contributed by atoms with E-state index in [9.17, 15) is 31.2 Å². The van der Waals surface area contributed by atoms with E-state index in [2.05, 4.69) is 4.98 Å². The Morgan fingerprint density at radius 2 is 1.75 bits per heavy atom. The molecule has 0 fully saturated rings. The lowest BCUT2D eigenvalue weighted by molar-refractivity contribution is -0.141. The Hall–Kier alpha value is -1.53. The van der Waals surface area contributed by atoms with Crippen LogP contribution in [0.25, 0.3) is 0 Å². The first-order chi connectivity index (χ1) is 13.1. The van der Waals surface area contributed by atoms with E-state index in [4.69, 9.17) is 12.8 Å². The van der Waals surface area contributed by atoms with E-state index < -0.39 is 54.8 Å². The minimum atomic E-state index is -5.02. The lowest BCUT2D eigenvalue weighted by Gasteiger charge is -2.27. The van der Waals surface area contributed by atoms with E-state index in [0.717, 1.165) is 0 Å². The number of nitrogens with zero attached hydrogens (tertiary/aromatic N) is 1. The molecule has 7 nitrogen and oxygen atoms in total. The van der Waals surface area contributed by atoms with Crippen LogP contribution in [0.4, 0.5) is 13.2 Å². The number of halogens is 3. The van der Waals surface area contributed by atoms with Gasteiger partial charge in [0, 0.05) is 1.37 Å². The van der Waals surface area contributed by atoms with Crippen molar-refractivity contribution >= 4 is 32.9 Å². The highest BCUT2D eigenvalue weighted by Crippen LogP contribution is 2.36. The summed E-state index contributed by atoms with van der Waals surface area (Å²) in [4.78, 5) is 27.1. The Balaban J connectivity index is 3.53. The molecule has 4 N–H and O–H groups in total. The number of Topliss-reactive ketones (excluding diaryl/α,β-unsaturated/α-hetero) is 1. The molecule has 0 aliphatic rings. The molecule has 0 saturated carbocycles. The number of aryl methyl sites for hydroxylation is 1. The quantitative estimate of drug-likeness (QED) is 0.420. The largest absolute Gasteiger partial charge is 0.434 e. The van der Waals surface area contributed by atoms with Gasteiger partial charge in [0.15, 0.2) is 21.1 Å². The summed E-state index contributed by atoms with van der Waals surface area (Å²) in [6, 6.07) is 0. The van der Waals surface area contributed by atoms with Crippen molar-refractivity contribution < 1.29 is 32.5 Å². The number of thiazole rings is 1. The van der Waals surface area contributed by atoms with E-state index in [1.54, 1.807) is 13.8 Å². The number of primary amides is 1. The first kappa shape index (κ1) is 22.8. The summed E-state index contributed by atoms with van der Waals surface area (Å²) in [5.41, 5.74) is 6.38. The van der Waals surface area contributed by atoms with Crippen LogP contribution in [0.3, 0.4) is 0 Å². The third-order valence-electron chi connectivity index (χ3n) is 3.97. The summed E-state index contributed by atoms with van der Waals surface area (Å²) in [7, 11) is -4.52. The molecule has 1 heterocycles. The van der Waals surface area contributed by atoms with E-state index in [1.807, 2.05) is 0 Å². The number of sulfone groups is 1. The molecule has 0 radical (unpaired) electrons. The SMILES string of the molecule is [2H]C(CCC)(CCC)S(=O)(=O)C[C@](N)(C(N)=O)C(=O)c1sc(C)nc1C(F)(F)F. The molecule has 1 rings (SSSR count). The lowest BCUT2D eigenvalue weighted by atomic mass is 9.94. The zero-order valence-corrected chi connectivity index (χ0v) is 17.4. The summed E-state index contributed by atoms with van der Waals surface area (Å²) in [5, 5.41) is -2.17. The molecule has 0 bridgehead atoms. The average molecular weight is 445 g/mol. The first-order valence-electron chi connectivity index (χ1n) is 8.96. The second-order valence-corrected chi connectivity index (χ2v) is 9.67. The highest BCUT2D eigenvalue weighted by atomic mass is 32.2. The van der Waals surface area contributed by atoms with E-state index in [1.165, 1.54) is 6.92 Å². The molecule has 28 heavy (non-hydrogen) atoms. The van der Waals surface area contributed by atoms with Gasteiger partial charge >= 0.3 is 6.18 Å². The molecule has 0 spiro atoms. The van der Waals surface area contributed by atoms with Gasteiger partial charge in [-0.05, 0) is 19.8 Å². The summed E-state index contributed by atoms with van der Waals surface area (Å²) in [6.07, 6.45) is -4.58. The second kappa shape index (κ2) is 8.87. The van der Waals surface area contributed by atoms with Gasteiger partial charge in [-0.25, -0.2) is 13.4 Å². The summed E-state index contributed by atoms with van der Waals surface area (Å²) in [5.74, 6) is -4.55. The van der Waals surface area contributed by atoms with E-state index >= 15 is 0 Å². The first-order valence-corrected chi connectivity index (χ1v) is 10.9. The summed E-state index contributed by atoms with van der Waals surface area (Å²) >= 11 is 0.338. The molecular weight excluding hydrogens is 419 g/mol. The smallest absolute Gasteiger partial charge is 0.368 e. The number of carbonyl (C=O) groups is 2. The van der Waals surface area contributed by atoms with Gasteiger partial charge < -0.3 is 11.5 Å². The molecule has 0 aromatic carbocycles. The second-order valence-electron chi connectivity index (χ2n) is 6.37. The van der Waals surface area contributed by atoms with Crippen LogP contribution in [0.15, 0.2) is 0 Å². The van der Waals surface area contributed by atoms with Gasteiger partial charge in [-0.2, -0.15) is 13.2 Å². The molecule has 1 aromatic rings. The predicted molar refractivity (Wildman–Crippen MR) is 99.7 cm³/mol. The van der Waals surface area contributed by atoms with Gasteiger partial charge in [0.2, 0.25) is 11.7 Å². The van der Waals surface area contributed by atoms with Crippen molar-refractivity contribution in [2.24, 2.45) is 11.5 Å². The van der Waals surface area contributed by atoms with Gasteiger partial charge in [0.1, 0.15) is 4.88 Å². The predicted octanol–water partition coefficient (Wildman–Crippen LogP) is 2.22. The Kier molecular flexibility index (Phi) is 7.21. The number of carbonyl (C=O) groups excluding carboxylic acids is 2. The molecule has 0 unspecified atom stereocenters. The molecule has 0 saturated heterocycles. The Morgan fingerprint density at radius 1 is 1.25 bits per heavy atom. The fourth-order valence-electron chi connectivity index (χ4n) is 2.62. The highest BCUT2D eigenvalue weighted by Gasteiger charge is 2.50. The van der Waals surface area contributed by atoms with Crippen molar-refractivity contribution in [2.75, 3.05) is 5.75 Å². The van der Waals surface area contributed by atoms with Crippen molar-refractivity contribution in [1.82, 2.24) is 4.98 Å². The molecule has 1 atom stereocenters. The van der Waals surface area contributed by atoms with E-state index in [-0.39, 0.29) is 17.8 Å². The summed E-state index contributed by atoms with van der Waals surface area (Å²) in [6.45, 7) is 4.52. The number of ketones is 1. The maximum atomic E-state index is 13.2. The minimum Gasteiger partial charge on any atom is -0.368 e. The van der Waals surface area contributed by atoms with Gasteiger partial charge in [-0.3, -0.25) is 9.59 Å². The van der Waals surface area contributed by atoms with E-state index in [0.29, 0.717) is 24.2 Å². The van der Waals surface area contributed by atoms with Crippen LogP contribution in [-0.2, 0) is 20.8 Å². The Morgan fingerprint density at radius 3 is 2.14 bits per heavy atom. The molecule has 1 aromatic heterocycles. The summed E-state index contributed by atoms with van der Waals surface area (Å²) < 4.78 is 73.8. The van der Waals surface area contributed by atoms with Crippen LogP contribution in [0.2, 0.25) is 0 Å². The van der Waals surface area contributed by atoms with Crippen molar-refractivity contribution in [1.29, 1.82) is 0 Å². The number of amides is 1. The van der Waals surface area contributed by atoms with Gasteiger partial charge in [-0.15, -0.1) is 11.3 Å².